The van der Waals surface area contributed by atoms with Gasteiger partial charge in [0.2, 0.25) is 11.8 Å². The minimum absolute atomic E-state index is 0.0869. The van der Waals surface area contributed by atoms with Crippen molar-refractivity contribution in [3.63, 3.8) is 0 Å². The van der Waals surface area contributed by atoms with Crippen molar-refractivity contribution in [1.29, 1.82) is 0 Å². The van der Waals surface area contributed by atoms with E-state index >= 15 is 0 Å². The lowest BCUT2D eigenvalue weighted by Gasteiger charge is -2.48. The number of pyridine rings is 1. The van der Waals surface area contributed by atoms with Crippen LogP contribution in [0.15, 0.2) is 22.8 Å². The molecule has 1 saturated heterocycles. The summed E-state index contributed by atoms with van der Waals surface area (Å²) in [6, 6.07) is 3.73. The van der Waals surface area contributed by atoms with Crippen molar-refractivity contribution in [2.24, 2.45) is 0 Å². The molecule has 0 aromatic carbocycles. The lowest BCUT2D eigenvalue weighted by atomic mass is 9.86. The molecule has 0 bridgehead atoms. The first-order valence-corrected chi connectivity index (χ1v) is 7.75. The van der Waals surface area contributed by atoms with E-state index in [1.54, 1.807) is 31.9 Å². The van der Waals surface area contributed by atoms with Crippen LogP contribution in [0.3, 0.4) is 0 Å². The highest BCUT2D eigenvalue weighted by molar-refractivity contribution is 9.10. The second kappa shape index (κ2) is 5.40. The van der Waals surface area contributed by atoms with Crippen molar-refractivity contribution in [2.75, 3.05) is 0 Å². The number of nitrogens with zero attached hydrogens (tertiary/aromatic N) is 2. The molecule has 1 atom stereocenters. The van der Waals surface area contributed by atoms with Gasteiger partial charge >= 0.3 is 0 Å². The number of hydrogen-bond acceptors (Lipinski definition) is 3. The zero-order valence-electron chi connectivity index (χ0n) is 12.7. The van der Waals surface area contributed by atoms with E-state index in [4.69, 9.17) is 0 Å². The summed E-state index contributed by atoms with van der Waals surface area (Å²) in [5.74, 6) is -0.206. The number of halogens is 1. The van der Waals surface area contributed by atoms with E-state index in [2.05, 4.69) is 26.2 Å². The molecule has 1 aliphatic rings. The molecule has 6 heteroatoms. The van der Waals surface area contributed by atoms with E-state index in [0.717, 1.165) is 10.2 Å². The highest BCUT2D eigenvalue weighted by Gasteiger charge is 2.51. The van der Waals surface area contributed by atoms with Crippen molar-refractivity contribution in [1.82, 2.24) is 15.2 Å². The lowest BCUT2D eigenvalue weighted by molar-refractivity contribution is -0.162. The first kappa shape index (κ1) is 15.9. The van der Waals surface area contributed by atoms with Gasteiger partial charge in [0.1, 0.15) is 11.1 Å². The molecule has 2 heterocycles. The summed E-state index contributed by atoms with van der Waals surface area (Å²) in [5.41, 5.74) is -0.973. The van der Waals surface area contributed by atoms with E-state index in [-0.39, 0.29) is 11.8 Å². The maximum absolute atomic E-state index is 12.7. The van der Waals surface area contributed by atoms with Crippen LogP contribution in [0.25, 0.3) is 0 Å². The maximum atomic E-state index is 12.7. The Balaban J connectivity index is 2.37. The van der Waals surface area contributed by atoms with Crippen molar-refractivity contribution < 1.29 is 9.59 Å². The second-order valence-corrected chi connectivity index (χ2v) is 6.98. The maximum Gasteiger partial charge on any atom is 0.248 e. The molecule has 114 valence electrons. The van der Waals surface area contributed by atoms with Gasteiger partial charge in [-0.05, 0) is 55.3 Å². The molecule has 0 aliphatic carbocycles. The third kappa shape index (κ3) is 2.81. The molecule has 1 aliphatic heterocycles. The molecular formula is C15H20BrN3O2. The topological polar surface area (TPSA) is 62.3 Å². The van der Waals surface area contributed by atoms with Crippen LogP contribution >= 0.6 is 15.9 Å². The quantitative estimate of drug-likeness (QED) is 0.906. The molecule has 1 unspecified atom stereocenters. The zero-order valence-corrected chi connectivity index (χ0v) is 14.3. The number of carbonyl (C=O) groups excluding carboxylic acids is 2. The predicted octanol–water partition coefficient (Wildman–Crippen LogP) is 2.25. The van der Waals surface area contributed by atoms with Gasteiger partial charge in [-0.3, -0.25) is 14.6 Å². The van der Waals surface area contributed by atoms with Gasteiger partial charge in [0.15, 0.2) is 0 Å². The lowest BCUT2D eigenvalue weighted by Crippen LogP contribution is -2.72. The van der Waals surface area contributed by atoms with Crippen molar-refractivity contribution in [3.8, 4) is 0 Å². The average Bonchev–Trinajstić information content (AvgIpc) is 2.43. The van der Waals surface area contributed by atoms with Crippen LogP contribution in [0.1, 0.15) is 39.8 Å². The van der Waals surface area contributed by atoms with Gasteiger partial charge in [-0.25, -0.2) is 0 Å². The Morgan fingerprint density at radius 3 is 2.48 bits per heavy atom. The number of piperazine rings is 1. The Hall–Kier alpha value is -1.43. The van der Waals surface area contributed by atoms with E-state index in [1.807, 2.05) is 19.1 Å². The molecule has 2 rings (SSSR count). The molecule has 1 N–H and O–H groups in total. The Labute approximate surface area is 133 Å². The molecule has 0 spiro atoms. The summed E-state index contributed by atoms with van der Waals surface area (Å²) in [5, 5.41) is 2.81. The number of rotatable bonds is 3. The summed E-state index contributed by atoms with van der Waals surface area (Å²) >= 11 is 3.34. The Bertz CT molecular complexity index is 571. The monoisotopic (exact) mass is 353 g/mol. The molecular weight excluding hydrogens is 334 g/mol. The van der Waals surface area contributed by atoms with Gasteiger partial charge in [0, 0.05) is 10.7 Å². The summed E-state index contributed by atoms with van der Waals surface area (Å²) < 4.78 is 0.882. The largest absolute Gasteiger partial charge is 0.340 e. The first-order valence-electron chi connectivity index (χ1n) is 6.96. The highest BCUT2D eigenvalue weighted by atomic mass is 79.9. The minimum atomic E-state index is -0.888. The molecule has 1 aromatic rings. The van der Waals surface area contributed by atoms with Gasteiger partial charge in [-0.1, -0.05) is 6.92 Å². The Morgan fingerprint density at radius 2 is 1.95 bits per heavy atom. The van der Waals surface area contributed by atoms with E-state index < -0.39 is 11.1 Å². The van der Waals surface area contributed by atoms with Crippen LogP contribution in [-0.2, 0) is 16.1 Å². The molecule has 0 saturated carbocycles. The Morgan fingerprint density at radius 1 is 1.29 bits per heavy atom. The number of hydrogen-bond donors (Lipinski definition) is 1. The fourth-order valence-electron chi connectivity index (χ4n) is 2.42. The van der Waals surface area contributed by atoms with Crippen LogP contribution in [0, 0.1) is 0 Å². The summed E-state index contributed by atoms with van der Waals surface area (Å²) in [6.45, 7) is 7.49. The summed E-state index contributed by atoms with van der Waals surface area (Å²) in [4.78, 5) is 31.1. The summed E-state index contributed by atoms with van der Waals surface area (Å²) in [7, 11) is 0. The SMILES string of the molecule is CCC1(C)C(=O)NC(C)(C)C(=O)N1Cc1ccc(Br)cn1. The zero-order chi connectivity index (χ0) is 15.8. The predicted molar refractivity (Wildman–Crippen MR) is 83.4 cm³/mol. The van der Waals surface area contributed by atoms with Gasteiger partial charge < -0.3 is 10.2 Å². The third-order valence-corrected chi connectivity index (χ3v) is 4.56. The van der Waals surface area contributed by atoms with Crippen molar-refractivity contribution in [3.05, 3.63) is 28.5 Å². The highest BCUT2D eigenvalue weighted by Crippen LogP contribution is 2.30. The van der Waals surface area contributed by atoms with Gasteiger partial charge in [0.25, 0.3) is 0 Å². The first-order chi connectivity index (χ1) is 9.70. The van der Waals surface area contributed by atoms with Crippen LogP contribution in [0.2, 0.25) is 0 Å². The minimum Gasteiger partial charge on any atom is -0.340 e. The molecule has 0 radical (unpaired) electrons. The van der Waals surface area contributed by atoms with E-state index in [0.29, 0.717) is 13.0 Å². The van der Waals surface area contributed by atoms with Gasteiger partial charge in [-0.2, -0.15) is 0 Å². The van der Waals surface area contributed by atoms with E-state index in [1.165, 1.54) is 0 Å². The number of nitrogens with one attached hydrogen (secondary N) is 1. The molecule has 21 heavy (non-hydrogen) atoms. The van der Waals surface area contributed by atoms with Crippen LogP contribution in [-0.4, -0.2) is 32.8 Å². The number of carbonyl (C=O) groups is 2. The van der Waals surface area contributed by atoms with E-state index in [9.17, 15) is 9.59 Å². The number of aromatic nitrogens is 1. The standard InChI is InChI=1S/C15H20BrN3O2/c1-5-15(4)12(20)18-14(2,3)13(21)19(15)9-11-7-6-10(16)8-17-11/h6-8H,5,9H2,1-4H3,(H,18,20). The van der Waals surface area contributed by atoms with Crippen LogP contribution in [0.5, 0.6) is 0 Å². The smallest absolute Gasteiger partial charge is 0.248 e. The average molecular weight is 354 g/mol. The summed E-state index contributed by atoms with van der Waals surface area (Å²) in [6.07, 6.45) is 2.25. The molecule has 1 fully saturated rings. The number of amides is 2. The second-order valence-electron chi connectivity index (χ2n) is 6.07. The normalized spacial score (nSPS) is 24.9. The van der Waals surface area contributed by atoms with Crippen molar-refractivity contribution in [2.45, 2.75) is 51.7 Å². The van der Waals surface area contributed by atoms with Crippen LogP contribution in [0.4, 0.5) is 0 Å². The third-order valence-electron chi connectivity index (χ3n) is 4.09. The molecule has 5 nitrogen and oxygen atoms in total. The fourth-order valence-corrected chi connectivity index (χ4v) is 2.65. The van der Waals surface area contributed by atoms with Crippen molar-refractivity contribution >= 4 is 27.7 Å². The fraction of sp³-hybridized carbons (Fsp3) is 0.533. The van der Waals surface area contributed by atoms with Gasteiger partial charge in [-0.15, -0.1) is 0 Å². The Kier molecular flexibility index (Phi) is 4.10. The molecule has 2 amide bonds. The molecule has 1 aromatic heterocycles. The van der Waals surface area contributed by atoms with Crippen LogP contribution < -0.4 is 5.32 Å². The van der Waals surface area contributed by atoms with Gasteiger partial charge in [0.05, 0.1) is 12.2 Å².